The average Bonchev–Trinajstić information content (AvgIpc) is 1.85. The first kappa shape index (κ1) is 149. The molecule has 0 unspecified atom stereocenters. The Morgan fingerprint density at radius 3 is 0.203 bits per heavy atom. The second-order valence-corrected chi connectivity index (χ2v) is 49.7. The van der Waals surface area contributed by atoms with Gasteiger partial charge in [-0.1, -0.05) is 83.1 Å². The van der Waals surface area contributed by atoms with Crippen molar-refractivity contribution >= 4 is 47.4 Å². The third kappa shape index (κ3) is 102. The van der Waals surface area contributed by atoms with Crippen LogP contribution in [-0.2, 0) is 27.4 Å². The summed E-state index contributed by atoms with van der Waals surface area (Å²) < 4.78 is 128. The Morgan fingerprint density at radius 2 is 0.174 bits per heavy atom. The topological polar surface area (TPSA) is 379 Å². The summed E-state index contributed by atoms with van der Waals surface area (Å²) >= 11 is 0. The Bertz CT molecular complexity index is 2440. The largest absolute Gasteiger partial charge is 0.786 e. The molecule has 0 radical (unpaired) electrons. The van der Waals surface area contributed by atoms with Gasteiger partial charge in [0, 0.05) is 154 Å². The summed E-state index contributed by atoms with van der Waals surface area (Å²) in [5.74, 6) is 0. The van der Waals surface area contributed by atoms with Gasteiger partial charge in [0.15, 0.2) is 0 Å². The highest BCUT2D eigenvalue weighted by Gasteiger charge is 2.33. The molecule has 0 aromatic carbocycles. The molecular weight excluding hydrogens is 1910 g/mol. The molecule has 12 fully saturated rings. The predicted molar refractivity (Wildman–Crippen MR) is 536 cm³/mol. The monoisotopic (exact) mass is 2130 g/mol. The molecule has 12 aliphatic rings. The lowest BCUT2D eigenvalue weighted by atomic mass is 10.4. The highest BCUT2D eigenvalue weighted by molar-refractivity contribution is 7.43. The zero-order chi connectivity index (χ0) is 108. The number of hydrogen-bond donors (Lipinski definition) is 0. The van der Waals surface area contributed by atoms with Gasteiger partial charge in [-0.2, -0.15) is 0 Å². The van der Waals surface area contributed by atoms with Gasteiger partial charge in [-0.15, -0.1) is 0 Å². The molecule has 840 valence electrons. The van der Waals surface area contributed by atoms with Gasteiger partial charge in [0.25, 0.3) is 0 Å². The van der Waals surface area contributed by atoms with Crippen LogP contribution in [0.3, 0.4) is 0 Å². The van der Waals surface area contributed by atoms with E-state index in [9.17, 15) is 25.2 Å². The second-order valence-electron chi connectivity index (χ2n) is 44.6. The predicted octanol–water partition coefficient (Wildman–Crippen LogP) is 12.3. The van der Waals surface area contributed by atoms with Crippen LogP contribution < -0.4 is 58.7 Å². The quantitative estimate of drug-likeness (QED) is 0.0492. The SMILES string of the molecule is CCC[N+]1(C)CCCC1.CCC[N+]1(C)CCCC1.CCC[N+]1(C)CCCC1.CCC[N+]1(C)CCCC1.CCC[N+]1(C)CCCC1.CCC[N+]1(C)CCCC1.CCC[N+]1(C)CCCC1.CCC[N+]1(C)CCCC1.CCC[N+]1(C)CCCC1.CCC[N+]1(C)CCCC1.CCC[N+]1(C)CCCC1.CCC[N+]1(C)CCCC1.O=P([O-])([O-])F.O=P([O-])([O-])F.O=P([O-])([O-])F.O=P([O-])([O-])F.O=P([O-])([O-])F.O=P([O-])([O-])F. The number of quaternary nitrogens is 12. The van der Waals surface area contributed by atoms with Crippen LogP contribution in [0.2, 0.25) is 0 Å². The molecule has 0 aliphatic carbocycles. The molecule has 138 heavy (non-hydrogen) atoms. The molecular formula is C96H216F6N12O18P6. The summed E-state index contributed by atoms with van der Waals surface area (Å²) in [4.78, 5) is 101. The highest BCUT2D eigenvalue weighted by Crippen LogP contribution is 2.29. The fourth-order valence-corrected chi connectivity index (χ4v) is 22.3. The summed E-state index contributed by atoms with van der Waals surface area (Å²) in [6, 6.07) is 0. The van der Waals surface area contributed by atoms with Gasteiger partial charge in [-0.3, -0.25) is 0 Å². The minimum atomic E-state index is -5.64. The van der Waals surface area contributed by atoms with Crippen LogP contribution in [0.1, 0.15) is 314 Å². The zero-order valence-corrected chi connectivity index (χ0v) is 97.9. The molecule has 12 rings (SSSR count). The van der Waals surface area contributed by atoms with Crippen molar-refractivity contribution in [1.29, 1.82) is 0 Å². The molecule has 0 aromatic rings. The van der Waals surface area contributed by atoms with Gasteiger partial charge < -0.3 is 140 Å². The van der Waals surface area contributed by atoms with Crippen molar-refractivity contribution in [2.24, 2.45) is 0 Å². The Balaban J connectivity index is -0.000000336. The van der Waals surface area contributed by atoms with E-state index in [1.807, 2.05) is 0 Å². The van der Waals surface area contributed by atoms with Crippen molar-refractivity contribution in [3.05, 3.63) is 0 Å². The van der Waals surface area contributed by atoms with Gasteiger partial charge in [0.05, 0.1) is 320 Å². The number of rotatable bonds is 24. The van der Waals surface area contributed by atoms with E-state index >= 15 is 0 Å². The van der Waals surface area contributed by atoms with Crippen molar-refractivity contribution in [3.8, 4) is 0 Å². The lowest BCUT2D eigenvalue weighted by Gasteiger charge is -2.28. The molecule has 0 spiro atoms. The fourth-order valence-electron chi connectivity index (χ4n) is 22.3. The summed E-state index contributed by atoms with van der Waals surface area (Å²) in [7, 11) is -5.21. The van der Waals surface area contributed by atoms with E-state index in [1.54, 1.807) is 0 Å². The van der Waals surface area contributed by atoms with Crippen LogP contribution in [0.4, 0.5) is 25.2 Å². The first-order chi connectivity index (χ1) is 63.2. The molecule has 12 aliphatic heterocycles. The first-order valence-electron chi connectivity index (χ1n) is 53.5. The van der Waals surface area contributed by atoms with Crippen LogP contribution >= 0.6 is 47.4 Å². The third-order valence-electron chi connectivity index (χ3n) is 28.9. The van der Waals surface area contributed by atoms with Crippen molar-refractivity contribution in [2.75, 3.05) is 320 Å². The number of halogens is 6. The van der Waals surface area contributed by atoms with Crippen LogP contribution in [-0.4, -0.2) is 374 Å². The molecule has 30 nitrogen and oxygen atoms in total. The van der Waals surface area contributed by atoms with Gasteiger partial charge in [-0.25, -0.2) is 25.2 Å². The summed E-state index contributed by atoms with van der Waals surface area (Å²) in [6.45, 7) is 78.2. The lowest BCUT2D eigenvalue weighted by molar-refractivity contribution is -0.897. The Kier molecular flexibility index (Phi) is 84.2. The second kappa shape index (κ2) is 78.2. The maximum absolute atomic E-state index is 10.1. The van der Waals surface area contributed by atoms with Gasteiger partial charge in [-0.05, 0) is 77.0 Å². The van der Waals surface area contributed by atoms with E-state index in [2.05, 4.69) is 168 Å². The summed E-state index contributed by atoms with van der Waals surface area (Å²) in [5.41, 5.74) is 0. The van der Waals surface area contributed by atoms with E-state index in [0.29, 0.717) is 0 Å². The number of likely N-dealkylation sites (tertiary alicyclic amines) is 12. The fraction of sp³-hybridized carbons (Fsp3) is 1.00. The van der Waals surface area contributed by atoms with Gasteiger partial charge in [0.2, 0.25) is 0 Å². The summed E-state index contributed by atoms with van der Waals surface area (Å²) in [6.07, 6.45) is 51.0. The Labute approximate surface area is 842 Å². The smallest absolute Gasteiger partial charge is 0.110 e. The van der Waals surface area contributed by atoms with E-state index in [1.165, 1.54) is 521 Å². The van der Waals surface area contributed by atoms with Crippen LogP contribution in [0.5, 0.6) is 0 Å². The van der Waals surface area contributed by atoms with E-state index in [0.717, 1.165) is 0 Å². The third-order valence-corrected chi connectivity index (χ3v) is 28.9. The standard InChI is InChI=1S/12C8H18N.6FH2O3P/c12*1-3-6-9(2)7-4-5-8-9;6*1-5(2,3)4/h12*3-8H2,1-2H3;6*(H2,2,3,4)/q12*+1;;;;;;/p-12. The summed E-state index contributed by atoms with van der Waals surface area (Å²) in [5, 5.41) is 0. The van der Waals surface area contributed by atoms with Crippen LogP contribution in [0.15, 0.2) is 0 Å². The van der Waals surface area contributed by atoms with Gasteiger partial charge >= 0.3 is 0 Å². The minimum absolute atomic E-state index is 1.34. The highest BCUT2D eigenvalue weighted by atomic mass is 31.2. The lowest BCUT2D eigenvalue weighted by Crippen LogP contribution is -2.41. The maximum atomic E-state index is 10.1. The van der Waals surface area contributed by atoms with Gasteiger partial charge in [0.1, 0.15) is 47.4 Å². The van der Waals surface area contributed by atoms with Crippen molar-refractivity contribution in [2.45, 2.75) is 314 Å². The molecule has 0 aromatic heterocycles. The Hall–Kier alpha value is -0.0000000000000000555. The average molecular weight is 2130 g/mol. The number of nitrogens with zero attached hydrogens (tertiary/aromatic N) is 12. The van der Waals surface area contributed by atoms with E-state index in [-0.39, 0.29) is 0 Å². The molecule has 0 bridgehead atoms. The van der Waals surface area contributed by atoms with E-state index in [4.69, 9.17) is 86.1 Å². The molecule has 12 saturated heterocycles. The molecule has 12 heterocycles. The van der Waals surface area contributed by atoms with Crippen molar-refractivity contribution in [1.82, 2.24) is 0 Å². The molecule has 0 amide bonds. The van der Waals surface area contributed by atoms with Crippen LogP contribution in [0, 0.1) is 0 Å². The van der Waals surface area contributed by atoms with Crippen molar-refractivity contribution in [3.63, 3.8) is 0 Å². The molecule has 42 heteroatoms. The minimum Gasteiger partial charge on any atom is -0.786 e. The number of hydrogen-bond acceptors (Lipinski definition) is 18. The molecule has 0 N–H and O–H groups in total. The molecule has 0 saturated carbocycles. The maximum Gasteiger partial charge on any atom is 0.110 e. The van der Waals surface area contributed by atoms with Crippen LogP contribution in [0.25, 0.3) is 0 Å². The Morgan fingerprint density at radius 1 is 0.138 bits per heavy atom. The zero-order valence-electron chi connectivity index (χ0n) is 92.6. The van der Waals surface area contributed by atoms with E-state index < -0.39 is 47.4 Å². The molecule has 0 atom stereocenters. The van der Waals surface area contributed by atoms with Crippen molar-refractivity contribution < 1.29 is 165 Å². The first-order valence-corrected chi connectivity index (χ1v) is 62.1. The normalized spacial score (nSPS) is 21.9.